The summed E-state index contributed by atoms with van der Waals surface area (Å²) in [5.41, 5.74) is 7.72. The molecule has 0 radical (unpaired) electrons. The molecular formula is C16H26N2O. The summed E-state index contributed by atoms with van der Waals surface area (Å²) in [6, 6.07) is 6.55. The third-order valence-corrected chi connectivity index (χ3v) is 3.86. The van der Waals surface area contributed by atoms with Gasteiger partial charge in [0.1, 0.15) is 5.75 Å². The van der Waals surface area contributed by atoms with Crippen LogP contribution in [-0.2, 0) is 0 Å². The van der Waals surface area contributed by atoms with Crippen LogP contribution in [0.5, 0.6) is 5.75 Å². The molecule has 0 amide bonds. The van der Waals surface area contributed by atoms with Gasteiger partial charge in [0.15, 0.2) is 0 Å². The third-order valence-electron chi connectivity index (χ3n) is 3.86. The van der Waals surface area contributed by atoms with Crippen LogP contribution in [0.15, 0.2) is 18.2 Å². The Balaban J connectivity index is 2.04. The number of benzene rings is 1. The number of anilines is 2. The molecule has 0 aliphatic heterocycles. The molecule has 2 unspecified atom stereocenters. The molecule has 1 aliphatic rings. The van der Waals surface area contributed by atoms with Crippen LogP contribution in [0.4, 0.5) is 11.4 Å². The van der Waals surface area contributed by atoms with Gasteiger partial charge in [0.2, 0.25) is 0 Å². The summed E-state index contributed by atoms with van der Waals surface area (Å²) in [4.78, 5) is 0. The second-order valence-electron chi connectivity index (χ2n) is 5.94. The molecule has 1 fully saturated rings. The molecular weight excluding hydrogens is 236 g/mol. The zero-order valence-corrected chi connectivity index (χ0v) is 12.3. The van der Waals surface area contributed by atoms with E-state index in [4.69, 9.17) is 10.5 Å². The topological polar surface area (TPSA) is 47.3 Å². The molecule has 19 heavy (non-hydrogen) atoms. The first kappa shape index (κ1) is 14.0. The van der Waals surface area contributed by atoms with Crippen molar-refractivity contribution in [1.82, 2.24) is 0 Å². The molecule has 0 heterocycles. The van der Waals surface area contributed by atoms with Crippen LogP contribution < -0.4 is 15.8 Å². The smallest absolute Gasteiger partial charge is 0.144 e. The van der Waals surface area contributed by atoms with Crippen molar-refractivity contribution in [2.75, 3.05) is 17.7 Å². The Morgan fingerprint density at radius 2 is 1.89 bits per heavy atom. The Labute approximate surface area is 116 Å². The lowest BCUT2D eigenvalue weighted by molar-refractivity contribution is 0.281. The van der Waals surface area contributed by atoms with Crippen LogP contribution in [0.25, 0.3) is 0 Å². The zero-order chi connectivity index (χ0) is 13.8. The summed E-state index contributed by atoms with van der Waals surface area (Å²) in [6.07, 6.45) is 3.85. The molecule has 3 nitrogen and oxygen atoms in total. The summed E-state index contributed by atoms with van der Waals surface area (Å²) < 4.78 is 5.54. The van der Waals surface area contributed by atoms with E-state index in [9.17, 15) is 0 Å². The molecule has 0 spiro atoms. The Morgan fingerprint density at radius 3 is 2.53 bits per heavy atom. The van der Waals surface area contributed by atoms with Crippen LogP contribution in [0.3, 0.4) is 0 Å². The van der Waals surface area contributed by atoms with Gasteiger partial charge in [-0.3, -0.25) is 0 Å². The number of nitrogen functional groups attached to an aromatic ring is 1. The Kier molecular flexibility index (Phi) is 4.56. The van der Waals surface area contributed by atoms with Gasteiger partial charge in [0, 0.05) is 17.8 Å². The van der Waals surface area contributed by atoms with E-state index in [1.807, 2.05) is 25.1 Å². The average molecular weight is 262 g/mol. The van der Waals surface area contributed by atoms with Crippen molar-refractivity contribution < 1.29 is 4.74 Å². The highest BCUT2D eigenvalue weighted by Crippen LogP contribution is 2.32. The molecule has 0 bridgehead atoms. The van der Waals surface area contributed by atoms with E-state index in [1.54, 1.807) is 0 Å². The van der Waals surface area contributed by atoms with Crippen LogP contribution in [0, 0.1) is 11.8 Å². The summed E-state index contributed by atoms with van der Waals surface area (Å²) in [6.45, 7) is 7.31. The summed E-state index contributed by atoms with van der Waals surface area (Å²) >= 11 is 0. The van der Waals surface area contributed by atoms with E-state index in [0.29, 0.717) is 18.3 Å². The minimum absolute atomic E-state index is 0.567. The highest BCUT2D eigenvalue weighted by molar-refractivity contribution is 5.61. The lowest BCUT2D eigenvalue weighted by Crippen LogP contribution is -2.30. The molecule has 3 heteroatoms. The van der Waals surface area contributed by atoms with Crippen LogP contribution >= 0.6 is 0 Å². The maximum Gasteiger partial charge on any atom is 0.144 e. The molecule has 1 aliphatic carbocycles. The summed E-state index contributed by atoms with van der Waals surface area (Å²) in [5, 5.41) is 3.63. The van der Waals surface area contributed by atoms with Crippen molar-refractivity contribution in [3.05, 3.63) is 18.2 Å². The van der Waals surface area contributed by atoms with Gasteiger partial charge < -0.3 is 15.8 Å². The number of nitrogens with two attached hydrogens (primary N) is 1. The van der Waals surface area contributed by atoms with E-state index in [2.05, 4.69) is 19.2 Å². The van der Waals surface area contributed by atoms with Crippen molar-refractivity contribution in [2.24, 2.45) is 11.8 Å². The maximum absolute atomic E-state index is 5.90. The number of hydrogen-bond acceptors (Lipinski definition) is 3. The quantitative estimate of drug-likeness (QED) is 0.809. The van der Waals surface area contributed by atoms with Gasteiger partial charge in [-0.2, -0.15) is 0 Å². The maximum atomic E-state index is 5.90. The van der Waals surface area contributed by atoms with Gasteiger partial charge in [-0.1, -0.05) is 13.8 Å². The Morgan fingerprint density at radius 1 is 1.21 bits per heavy atom. The largest absolute Gasteiger partial charge is 0.492 e. The first-order valence-electron chi connectivity index (χ1n) is 7.37. The third kappa shape index (κ3) is 3.79. The first-order valence-corrected chi connectivity index (χ1v) is 7.37. The van der Waals surface area contributed by atoms with Crippen LogP contribution in [0.1, 0.15) is 40.0 Å². The zero-order valence-electron chi connectivity index (χ0n) is 12.3. The SMILES string of the molecule is CCOc1cc(NC2CC(C)CC(C)C2)ccc1N. The first-order chi connectivity index (χ1) is 9.08. The molecule has 1 aromatic carbocycles. The van der Waals surface area contributed by atoms with Crippen molar-refractivity contribution in [3.63, 3.8) is 0 Å². The standard InChI is InChI=1S/C16H26N2O/c1-4-19-16-10-13(5-6-15(16)17)18-14-8-11(2)7-12(3)9-14/h5-6,10-12,14,18H,4,7-9,17H2,1-3H3. The molecule has 1 saturated carbocycles. The number of hydrogen-bond donors (Lipinski definition) is 2. The van der Waals surface area contributed by atoms with Crippen LogP contribution in [0.2, 0.25) is 0 Å². The number of ether oxygens (including phenoxy) is 1. The minimum Gasteiger partial charge on any atom is -0.492 e. The van der Waals surface area contributed by atoms with Gasteiger partial charge >= 0.3 is 0 Å². The number of nitrogens with one attached hydrogen (secondary N) is 1. The lowest BCUT2D eigenvalue weighted by Gasteiger charge is -2.32. The Bertz CT molecular complexity index is 409. The van der Waals surface area contributed by atoms with Gasteiger partial charge in [-0.15, -0.1) is 0 Å². The monoisotopic (exact) mass is 262 g/mol. The summed E-state index contributed by atoms with van der Waals surface area (Å²) in [7, 11) is 0. The van der Waals surface area contributed by atoms with E-state index >= 15 is 0 Å². The predicted octanol–water partition coefficient (Wildman–Crippen LogP) is 3.90. The van der Waals surface area contributed by atoms with E-state index < -0.39 is 0 Å². The normalized spacial score (nSPS) is 27.0. The minimum atomic E-state index is 0.567. The average Bonchev–Trinajstić information content (AvgIpc) is 2.32. The predicted molar refractivity (Wildman–Crippen MR) is 81.6 cm³/mol. The van der Waals surface area contributed by atoms with Crippen molar-refractivity contribution >= 4 is 11.4 Å². The second-order valence-corrected chi connectivity index (χ2v) is 5.94. The lowest BCUT2D eigenvalue weighted by atomic mass is 9.80. The number of rotatable bonds is 4. The second kappa shape index (κ2) is 6.18. The van der Waals surface area contributed by atoms with Gasteiger partial charge in [0.05, 0.1) is 12.3 Å². The Hall–Kier alpha value is -1.38. The highest BCUT2D eigenvalue weighted by atomic mass is 16.5. The fourth-order valence-corrected chi connectivity index (χ4v) is 3.21. The molecule has 2 atom stereocenters. The molecule has 1 aromatic rings. The van der Waals surface area contributed by atoms with Gasteiger partial charge in [-0.25, -0.2) is 0 Å². The molecule has 2 rings (SSSR count). The molecule has 3 N–H and O–H groups in total. The molecule has 0 saturated heterocycles. The molecule has 106 valence electrons. The van der Waals surface area contributed by atoms with Crippen LogP contribution in [-0.4, -0.2) is 12.6 Å². The van der Waals surface area contributed by atoms with Crippen molar-refractivity contribution in [1.29, 1.82) is 0 Å². The van der Waals surface area contributed by atoms with Gasteiger partial charge in [-0.05, 0) is 50.2 Å². The highest BCUT2D eigenvalue weighted by Gasteiger charge is 2.23. The fraction of sp³-hybridized carbons (Fsp3) is 0.625. The van der Waals surface area contributed by atoms with E-state index in [1.165, 1.54) is 19.3 Å². The van der Waals surface area contributed by atoms with Gasteiger partial charge in [0.25, 0.3) is 0 Å². The molecule has 0 aromatic heterocycles. The van der Waals surface area contributed by atoms with E-state index in [0.717, 1.165) is 23.3 Å². The van der Waals surface area contributed by atoms with E-state index in [-0.39, 0.29) is 0 Å². The fourth-order valence-electron chi connectivity index (χ4n) is 3.21. The summed E-state index contributed by atoms with van der Waals surface area (Å²) in [5.74, 6) is 2.40. The van der Waals surface area contributed by atoms with Crippen molar-refractivity contribution in [2.45, 2.75) is 46.1 Å². The van der Waals surface area contributed by atoms with Crippen molar-refractivity contribution in [3.8, 4) is 5.75 Å².